The van der Waals surface area contributed by atoms with Gasteiger partial charge in [0.1, 0.15) is 0 Å². The van der Waals surface area contributed by atoms with Crippen LogP contribution in [0.1, 0.15) is 51.7 Å². The van der Waals surface area contributed by atoms with Gasteiger partial charge in [0.15, 0.2) is 0 Å². The molecule has 0 spiro atoms. The van der Waals surface area contributed by atoms with Crippen molar-refractivity contribution in [1.82, 2.24) is 0 Å². The lowest BCUT2D eigenvalue weighted by Gasteiger charge is -2.20. The monoisotopic (exact) mass is 468 g/mol. The number of benzene rings is 4. The molecule has 4 aromatic rings. The molecule has 168 valence electrons. The fourth-order valence-corrected chi connectivity index (χ4v) is 6.52. The van der Waals surface area contributed by atoms with Crippen LogP contribution in [-0.2, 0) is 5.41 Å². The maximum absolute atomic E-state index is 2.39. The molecule has 0 aromatic heterocycles. The summed E-state index contributed by atoms with van der Waals surface area (Å²) in [5.74, 6) is 0.552. The van der Waals surface area contributed by atoms with Crippen LogP contribution in [0.5, 0.6) is 0 Å². The van der Waals surface area contributed by atoms with Gasteiger partial charge < -0.3 is 0 Å². The molecule has 4 rings (SSSR count). The summed E-state index contributed by atoms with van der Waals surface area (Å²) < 4.78 is 0. The van der Waals surface area contributed by atoms with E-state index in [1.54, 1.807) is 0 Å². The molecule has 0 amide bonds. The van der Waals surface area contributed by atoms with E-state index < -0.39 is 0 Å². The molecule has 0 nitrogen and oxygen atoms in total. The summed E-state index contributed by atoms with van der Waals surface area (Å²) in [6.45, 7) is 11.4. The van der Waals surface area contributed by atoms with Crippen molar-refractivity contribution in [3.63, 3.8) is 0 Å². The first-order chi connectivity index (χ1) is 15.8. The zero-order chi connectivity index (χ0) is 23.4. The quantitative estimate of drug-likeness (QED) is 0.267. The molecule has 0 aliphatic carbocycles. The van der Waals surface area contributed by atoms with Gasteiger partial charge in [0.2, 0.25) is 0 Å². The van der Waals surface area contributed by atoms with Crippen LogP contribution in [0, 0.1) is 0 Å². The van der Waals surface area contributed by atoms with Crippen LogP contribution in [0.25, 0.3) is 11.1 Å². The normalized spacial score (nSPS) is 12.4. The minimum atomic E-state index is 0.165. The average molecular weight is 469 g/mol. The maximum atomic E-state index is 2.39. The highest BCUT2D eigenvalue weighted by atomic mass is 31.1. The second-order valence-corrected chi connectivity index (χ2v) is 12.7. The summed E-state index contributed by atoms with van der Waals surface area (Å²) in [6, 6.07) is 36.1. The predicted molar refractivity (Wildman–Crippen MR) is 153 cm³/mol. The van der Waals surface area contributed by atoms with Crippen molar-refractivity contribution in [2.24, 2.45) is 0 Å². The molecular formula is C31H34P2. The Morgan fingerprint density at radius 2 is 1.09 bits per heavy atom. The van der Waals surface area contributed by atoms with Gasteiger partial charge in [-0.25, -0.2) is 0 Å². The smallest absolute Gasteiger partial charge is 0.00999 e. The van der Waals surface area contributed by atoms with Crippen molar-refractivity contribution in [2.75, 3.05) is 0 Å². The third-order valence-corrected chi connectivity index (χ3v) is 8.59. The molecule has 0 heterocycles. The average Bonchev–Trinajstić information content (AvgIpc) is 2.80. The molecule has 0 saturated heterocycles. The van der Waals surface area contributed by atoms with E-state index in [4.69, 9.17) is 0 Å². The zero-order valence-corrected chi connectivity index (χ0v) is 22.3. The molecule has 4 aromatic carbocycles. The van der Waals surface area contributed by atoms with Gasteiger partial charge in [-0.15, -0.1) is 0 Å². The van der Waals surface area contributed by atoms with Crippen LogP contribution in [0.4, 0.5) is 0 Å². The van der Waals surface area contributed by atoms with Crippen molar-refractivity contribution in [2.45, 2.75) is 46.0 Å². The van der Waals surface area contributed by atoms with Crippen LogP contribution in [-0.4, -0.2) is 0 Å². The standard InChI is InChI=1S/C31H34P2/c1-22(2)23-12-10-14-25(20-23)32-29-18-8-6-16-27(29)28-17-7-9-19-30(28)33-26-15-11-13-24(21-26)31(3,4)5/h6-22,32-33H,1-5H3. The third-order valence-electron chi connectivity index (χ3n) is 5.98. The van der Waals surface area contributed by atoms with Crippen molar-refractivity contribution in [3.05, 3.63) is 108 Å². The zero-order valence-electron chi connectivity index (χ0n) is 20.3. The van der Waals surface area contributed by atoms with Gasteiger partial charge in [0.25, 0.3) is 0 Å². The Hall–Kier alpha value is -2.26. The number of hydrogen-bond donors (Lipinski definition) is 0. The second-order valence-electron chi connectivity index (χ2n) is 9.95. The van der Waals surface area contributed by atoms with E-state index in [0.717, 1.165) is 0 Å². The summed E-state index contributed by atoms with van der Waals surface area (Å²) in [5, 5.41) is 5.64. The Bertz CT molecular complexity index is 1230. The molecule has 0 aliphatic heterocycles. The van der Waals surface area contributed by atoms with Crippen molar-refractivity contribution in [3.8, 4) is 11.1 Å². The minimum Gasteiger partial charge on any atom is -0.0616 e. The van der Waals surface area contributed by atoms with Crippen molar-refractivity contribution in [1.29, 1.82) is 0 Å². The van der Waals surface area contributed by atoms with E-state index in [1.165, 1.54) is 43.5 Å². The highest BCUT2D eigenvalue weighted by molar-refractivity contribution is 7.56. The number of rotatable bonds is 6. The first kappa shape index (κ1) is 23.9. The van der Waals surface area contributed by atoms with Crippen molar-refractivity contribution >= 4 is 38.4 Å². The summed E-state index contributed by atoms with van der Waals surface area (Å²) in [5.41, 5.74) is 5.70. The molecule has 0 fully saturated rings. The molecule has 2 atom stereocenters. The molecule has 0 N–H and O–H groups in total. The number of hydrogen-bond acceptors (Lipinski definition) is 0. The summed E-state index contributed by atoms with van der Waals surface area (Å²) in [4.78, 5) is 0. The third kappa shape index (κ3) is 6.00. The van der Waals surface area contributed by atoms with E-state index in [2.05, 4.69) is 132 Å². The summed E-state index contributed by atoms with van der Waals surface area (Å²) >= 11 is 0. The van der Waals surface area contributed by atoms with E-state index in [9.17, 15) is 0 Å². The van der Waals surface area contributed by atoms with Gasteiger partial charge >= 0.3 is 0 Å². The van der Waals surface area contributed by atoms with Gasteiger partial charge in [0.05, 0.1) is 0 Å². The van der Waals surface area contributed by atoms with Gasteiger partial charge in [-0.2, -0.15) is 0 Å². The molecule has 0 radical (unpaired) electrons. The maximum Gasteiger partial charge on any atom is -0.00999 e. The van der Waals surface area contributed by atoms with E-state index >= 15 is 0 Å². The fraction of sp³-hybridized carbons (Fsp3) is 0.226. The van der Waals surface area contributed by atoms with E-state index in [-0.39, 0.29) is 5.41 Å². The van der Waals surface area contributed by atoms with Gasteiger partial charge in [0, 0.05) is 0 Å². The Morgan fingerprint density at radius 1 is 0.576 bits per heavy atom. The van der Waals surface area contributed by atoms with Crippen LogP contribution in [0.3, 0.4) is 0 Å². The lowest BCUT2D eigenvalue weighted by atomic mass is 9.87. The Morgan fingerprint density at radius 3 is 1.64 bits per heavy atom. The van der Waals surface area contributed by atoms with Crippen LogP contribution >= 0.6 is 17.2 Å². The molecule has 0 bridgehead atoms. The van der Waals surface area contributed by atoms with Gasteiger partial charge in [-0.1, -0.05) is 149 Å². The van der Waals surface area contributed by atoms with Crippen LogP contribution in [0.2, 0.25) is 0 Å². The van der Waals surface area contributed by atoms with E-state index in [0.29, 0.717) is 23.1 Å². The Labute approximate surface area is 203 Å². The van der Waals surface area contributed by atoms with Gasteiger partial charge in [-0.3, -0.25) is 0 Å². The first-order valence-electron chi connectivity index (χ1n) is 11.7. The van der Waals surface area contributed by atoms with Gasteiger partial charge in [-0.05, 0) is 54.8 Å². The molecule has 2 unspecified atom stereocenters. The van der Waals surface area contributed by atoms with Crippen molar-refractivity contribution < 1.29 is 0 Å². The summed E-state index contributed by atoms with van der Waals surface area (Å²) in [6.07, 6.45) is 0. The fourth-order valence-electron chi connectivity index (χ4n) is 4.00. The Kier molecular flexibility index (Phi) is 7.48. The molecule has 33 heavy (non-hydrogen) atoms. The first-order valence-corrected chi connectivity index (χ1v) is 13.7. The molecular weight excluding hydrogens is 434 g/mol. The second kappa shape index (κ2) is 10.3. The molecule has 0 saturated carbocycles. The van der Waals surface area contributed by atoms with Crippen LogP contribution in [0.15, 0.2) is 97.1 Å². The Balaban J connectivity index is 1.69. The molecule has 2 heteroatoms. The van der Waals surface area contributed by atoms with Crippen LogP contribution < -0.4 is 21.2 Å². The highest BCUT2D eigenvalue weighted by Crippen LogP contribution is 2.28. The minimum absolute atomic E-state index is 0.165. The molecule has 0 aliphatic rings. The lowest BCUT2D eigenvalue weighted by Crippen LogP contribution is -2.15. The largest absolute Gasteiger partial charge is 0.0616 e. The topological polar surface area (TPSA) is 0 Å². The van der Waals surface area contributed by atoms with E-state index in [1.807, 2.05) is 0 Å². The summed E-state index contributed by atoms with van der Waals surface area (Å²) in [7, 11) is 1.29. The SMILES string of the molecule is CC(C)c1cccc(Pc2ccccc2-c2ccccc2Pc2cccc(C(C)(C)C)c2)c1. The lowest BCUT2D eigenvalue weighted by molar-refractivity contribution is 0.591. The highest BCUT2D eigenvalue weighted by Gasteiger charge is 2.15. The predicted octanol–water partition coefficient (Wildman–Crippen LogP) is 7.03.